The van der Waals surface area contributed by atoms with Crippen molar-refractivity contribution in [2.75, 3.05) is 59.8 Å². The van der Waals surface area contributed by atoms with Gasteiger partial charge in [-0.3, -0.25) is 71.9 Å². The fraction of sp³-hybridized carbons (Fsp3) is 0.436. The summed E-state index contributed by atoms with van der Waals surface area (Å²) in [7, 11) is 6.61. The lowest BCUT2D eigenvalue weighted by Crippen LogP contribution is -2.62. The number of phenolic OH excluding ortho intramolecular Hbond substituents is 2. The maximum Gasteiger partial charge on any atom is 0.246 e. The second kappa shape index (κ2) is 49.4. The lowest BCUT2D eigenvalue weighted by atomic mass is 9.98. The number of nitrogens with zero attached hydrogens (tertiary/aromatic N) is 5. The molecule has 1 saturated heterocycles. The van der Waals surface area contributed by atoms with Crippen molar-refractivity contribution in [3.8, 4) is 11.5 Å². The number of aromatic nitrogens is 1. The molecule has 16 N–H and O–H groups in total. The number of aromatic hydroxyl groups is 2. The number of carbonyl (C=O) groups is 15. The second-order valence-electron chi connectivity index (χ2n) is 33.6. The molecule has 36 heteroatoms. The van der Waals surface area contributed by atoms with E-state index < -0.39 is 199 Å². The quantitative estimate of drug-likeness (QED) is 0.0407. The first-order valence-electron chi connectivity index (χ1n) is 43.3. The number of aliphatic hydroxyl groups is 2. The van der Waals surface area contributed by atoms with Crippen LogP contribution in [0.15, 0.2) is 170 Å². The van der Waals surface area contributed by atoms with Gasteiger partial charge in [0, 0.05) is 103 Å². The third-order valence-electron chi connectivity index (χ3n) is 22.7. The van der Waals surface area contributed by atoms with E-state index in [4.69, 9.17) is 5.73 Å². The fourth-order valence-electron chi connectivity index (χ4n) is 15.1. The molecule has 2 heterocycles. The Morgan fingerprint density at radius 3 is 1.45 bits per heavy atom. The highest BCUT2D eigenvalue weighted by atomic mass is 32.2. The fourth-order valence-corrected chi connectivity index (χ4v) is 16.0. The Kier molecular flexibility index (Phi) is 38.8. The molecule has 1 aliphatic rings. The molecule has 0 saturated carbocycles. The molecule has 1 fully saturated rings. The number of hydrogen-bond donors (Lipinski definition) is 15. The van der Waals surface area contributed by atoms with Crippen LogP contribution in [0.2, 0.25) is 0 Å². The van der Waals surface area contributed by atoms with Gasteiger partial charge in [0.05, 0.1) is 18.8 Å². The minimum Gasteiger partial charge on any atom is -0.508 e. The molecule has 698 valence electrons. The van der Waals surface area contributed by atoms with Gasteiger partial charge in [0.1, 0.15) is 84.0 Å². The lowest BCUT2D eigenvalue weighted by molar-refractivity contribution is -0.151. The first-order valence-corrected chi connectivity index (χ1v) is 44.4. The number of para-hydroxylation sites is 1. The first-order chi connectivity index (χ1) is 61.8. The summed E-state index contributed by atoms with van der Waals surface area (Å²) in [5.41, 5.74) is 9.15. The molecule has 0 radical (unpaired) electrons. The van der Waals surface area contributed by atoms with Gasteiger partial charge in [0.25, 0.3) is 0 Å². The summed E-state index contributed by atoms with van der Waals surface area (Å²) >= 11 is 0.833. The summed E-state index contributed by atoms with van der Waals surface area (Å²) in [5, 5.41) is 66.6. The maximum atomic E-state index is 15.5. The van der Waals surface area contributed by atoms with Gasteiger partial charge < -0.3 is 103 Å². The topological polar surface area (TPSA) is 503 Å². The summed E-state index contributed by atoms with van der Waals surface area (Å²) in [6, 6.07) is 26.0. The monoisotopic (exact) mass is 1810 g/mol. The molecule has 0 aliphatic carbocycles. The zero-order valence-electron chi connectivity index (χ0n) is 75.1. The van der Waals surface area contributed by atoms with E-state index in [1.165, 1.54) is 100 Å². The van der Waals surface area contributed by atoms with Crippen molar-refractivity contribution < 1.29 is 92.3 Å². The third kappa shape index (κ3) is 30.2. The van der Waals surface area contributed by atoms with E-state index in [1.54, 1.807) is 149 Å². The first kappa shape index (κ1) is 102. The van der Waals surface area contributed by atoms with Crippen LogP contribution in [0.4, 0.5) is 0 Å². The third-order valence-corrected chi connectivity index (χ3v) is 23.7. The number of nitrogens with one attached hydrogen (secondary N) is 10. The SMILES string of the molecule is CCCC[C@H]1C(=O)N(C)CC(=O)N[C@@H](CC(O)O)C(=O)N[C@@H](C(C)C)C(=O)N(C)[C@@H](Cc2ccccc2)C(=O)N[C@@H](Cc2ccc(O)cc2)C(=O)N(C)[C@@H](C)C(=O)N[C@@H](Cc2c[nH]c3ccccc23)C(=O)N[C@@H](Cc2ccc(O)cc2)C(=O)N[C@@H](CC(C)C)C(=O)N[C@H](C(=O)NCC(N)=O)CSCC(=O)N[C@@H](Cc2ccccc2)C(=O)N(C)[C@@H](Cc2ccccc2)C(=O)N1C. The van der Waals surface area contributed by atoms with Crippen LogP contribution in [0.1, 0.15) is 107 Å². The van der Waals surface area contributed by atoms with Crippen molar-refractivity contribution in [3.05, 3.63) is 203 Å². The summed E-state index contributed by atoms with van der Waals surface area (Å²) in [5.74, 6) is -15.7. The number of fused-ring (bicyclic) bond motifs is 1. The highest BCUT2D eigenvalue weighted by molar-refractivity contribution is 8.00. The summed E-state index contributed by atoms with van der Waals surface area (Å²) < 4.78 is 0. The smallest absolute Gasteiger partial charge is 0.246 e. The number of unbranched alkanes of at least 4 members (excludes halogenated alkanes) is 1. The zero-order valence-corrected chi connectivity index (χ0v) is 75.9. The van der Waals surface area contributed by atoms with E-state index in [9.17, 15) is 49.2 Å². The van der Waals surface area contributed by atoms with Crippen LogP contribution in [0.5, 0.6) is 11.5 Å². The molecule has 130 heavy (non-hydrogen) atoms. The number of aromatic amines is 1. The number of likely N-dealkylation sites (N-methyl/N-ethyl adjacent to an activating group) is 5. The van der Waals surface area contributed by atoms with Gasteiger partial charge in [0.15, 0.2) is 6.29 Å². The van der Waals surface area contributed by atoms with Crippen LogP contribution in [-0.2, 0) is 110 Å². The van der Waals surface area contributed by atoms with Crippen molar-refractivity contribution in [1.82, 2.24) is 77.3 Å². The van der Waals surface area contributed by atoms with Crippen LogP contribution in [0, 0.1) is 11.8 Å². The molecular formula is C94H122N16O19S. The van der Waals surface area contributed by atoms with E-state index >= 15 is 43.2 Å². The van der Waals surface area contributed by atoms with Crippen LogP contribution in [-0.4, -0.2) is 277 Å². The Morgan fingerprint density at radius 1 is 0.462 bits per heavy atom. The number of primary amides is 1. The summed E-state index contributed by atoms with van der Waals surface area (Å²) in [4.78, 5) is 232. The summed E-state index contributed by atoms with van der Waals surface area (Å²) in [6.45, 7) is 8.41. The molecule has 8 rings (SSSR count). The van der Waals surface area contributed by atoms with Gasteiger partial charge in [0.2, 0.25) is 88.6 Å². The van der Waals surface area contributed by atoms with E-state index in [0.717, 1.165) is 26.5 Å². The van der Waals surface area contributed by atoms with E-state index in [-0.39, 0.29) is 74.5 Å². The van der Waals surface area contributed by atoms with Crippen molar-refractivity contribution in [3.63, 3.8) is 0 Å². The highest BCUT2D eigenvalue weighted by Gasteiger charge is 2.43. The number of hydrogen-bond acceptors (Lipinski definition) is 20. The molecule has 1 aromatic heterocycles. The van der Waals surface area contributed by atoms with Gasteiger partial charge in [-0.2, -0.15) is 0 Å². The second-order valence-corrected chi connectivity index (χ2v) is 34.6. The molecule has 1 aliphatic heterocycles. The van der Waals surface area contributed by atoms with E-state index in [1.807, 2.05) is 6.92 Å². The van der Waals surface area contributed by atoms with Crippen molar-refractivity contribution in [2.45, 2.75) is 191 Å². The Balaban J connectivity index is 1.22. The Bertz CT molecular complexity index is 5050. The number of H-pyrrole nitrogens is 1. The van der Waals surface area contributed by atoms with Crippen LogP contribution in [0.25, 0.3) is 10.9 Å². The standard InChI is InChI=1S/C94H122N16O19S/c1-12-13-33-75-92(127)106(7)52-79(114)98-71(49-81(116)117)88(123)105-82(56(4)5)94(129)109(10)76(46-59-27-19-15-20-28-59)89(124)103-73(45-62-36-40-65(112)41-37-62)90(125)107(8)57(6)83(118)100-70(48-63-50-96-67-32-24-23-31-66(63)67)87(122)102-69(43-61-34-38-64(111)39-35-61)86(121)101-68(42-55(2)3)85(120)104-74(84(119)97-51-78(95)113)53-130-54-80(115)99-72(44-58-25-17-14-18-26-58)91(126)110(11)77(93(128)108(75)9)47-60-29-21-16-22-30-60/h14-32,34-41,50,55-57,68-77,81-82,96,111-112,116-117H,12-13,33,42-49,51-54H2,1-11H3,(H2,95,113)(H,97,119)(H,98,114)(H,99,115)(H,100,118)(H,101,121)(H,102,122)(H,103,124)(H,104,120)(H,105,123)/t57-,68-,69-,70-,71-,72-,73-,74-,75-,76-,77-,82-/m0/s1. The van der Waals surface area contributed by atoms with Crippen LogP contribution < -0.4 is 53.6 Å². The van der Waals surface area contributed by atoms with Gasteiger partial charge in [-0.1, -0.05) is 181 Å². The Morgan fingerprint density at radius 2 is 0.908 bits per heavy atom. The van der Waals surface area contributed by atoms with Gasteiger partial charge >= 0.3 is 0 Å². The molecule has 0 bridgehead atoms. The average Bonchev–Trinajstić information content (AvgIpc) is 1.67. The van der Waals surface area contributed by atoms with Crippen molar-refractivity contribution >= 4 is 111 Å². The predicted molar refractivity (Wildman–Crippen MR) is 487 cm³/mol. The number of nitrogens with two attached hydrogens (primary N) is 1. The molecule has 0 unspecified atom stereocenters. The lowest BCUT2D eigenvalue weighted by Gasteiger charge is -2.37. The molecular weight excluding hydrogens is 1690 g/mol. The van der Waals surface area contributed by atoms with Gasteiger partial charge in [-0.25, -0.2) is 0 Å². The number of benzene rings is 6. The largest absolute Gasteiger partial charge is 0.508 e. The summed E-state index contributed by atoms with van der Waals surface area (Å²) in [6.07, 6.45) is -1.91. The Hall–Kier alpha value is -13.2. The number of phenols is 2. The molecule has 35 nitrogen and oxygen atoms in total. The molecule has 0 spiro atoms. The van der Waals surface area contributed by atoms with E-state index in [0.29, 0.717) is 57.1 Å². The zero-order chi connectivity index (χ0) is 95.2. The van der Waals surface area contributed by atoms with Crippen LogP contribution >= 0.6 is 11.8 Å². The Labute approximate surface area is 760 Å². The van der Waals surface area contributed by atoms with Crippen LogP contribution in [0.3, 0.4) is 0 Å². The number of aliphatic hydroxyl groups excluding tert-OH is 1. The van der Waals surface area contributed by atoms with Gasteiger partial charge in [-0.15, -0.1) is 11.8 Å². The molecule has 12 atom stereocenters. The molecule has 6 aromatic carbocycles. The minimum absolute atomic E-state index is 0.0408. The number of amides is 15. The maximum absolute atomic E-state index is 15.5. The van der Waals surface area contributed by atoms with Gasteiger partial charge in [-0.05, 0) is 95.3 Å². The minimum atomic E-state index is -2.24. The van der Waals surface area contributed by atoms with Crippen molar-refractivity contribution in [1.29, 1.82) is 0 Å². The average molecular weight is 1810 g/mol. The number of rotatable bonds is 23. The highest BCUT2D eigenvalue weighted by Crippen LogP contribution is 2.25. The predicted octanol–water partition coefficient (Wildman–Crippen LogP) is 1.94. The van der Waals surface area contributed by atoms with E-state index in [2.05, 4.69) is 52.8 Å². The number of carbonyl (C=O) groups excluding carboxylic acids is 15. The number of thioether (sulfide) groups is 1. The van der Waals surface area contributed by atoms with Crippen molar-refractivity contribution in [2.24, 2.45) is 17.6 Å². The normalized spacial score (nSPS) is 22.5. The molecule has 15 amide bonds. The molecule has 7 aromatic rings.